The molecule has 0 bridgehead atoms. The van der Waals surface area contributed by atoms with Gasteiger partial charge in [0.15, 0.2) is 0 Å². The molecule has 5 heteroatoms. The SMILES string of the molecule is CCN1C(=O)C(=C2SCCS2)C(=O)c2ccccc21. The molecular weight excluding hydrogens is 278 g/mol. The van der Waals surface area contributed by atoms with E-state index in [1.54, 1.807) is 34.5 Å². The van der Waals surface area contributed by atoms with Crippen molar-refractivity contribution in [1.82, 2.24) is 0 Å². The van der Waals surface area contributed by atoms with E-state index in [0.29, 0.717) is 17.7 Å². The highest BCUT2D eigenvalue weighted by Gasteiger charge is 2.36. The standard InChI is InChI=1S/C14H13NO2S2/c1-2-15-10-6-4-3-5-9(10)12(16)11(13(15)17)14-18-7-8-19-14/h3-6H,2,7-8H2,1H3. The normalized spacial score (nSPS) is 19.1. The summed E-state index contributed by atoms with van der Waals surface area (Å²) in [6, 6.07) is 7.35. The van der Waals surface area contributed by atoms with Gasteiger partial charge in [0.1, 0.15) is 5.57 Å². The Hall–Kier alpha value is -1.20. The van der Waals surface area contributed by atoms with Gasteiger partial charge in [0.2, 0.25) is 5.78 Å². The molecule has 1 aromatic rings. The molecule has 3 nitrogen and oxygen atoms in total. The van der Waals surface area contributed by atoms with Gasteiger partial charge in [-0.2, -0.15) is 0 Å². The summed E-state index contributed by atoms with van der Waals surface area (Å²) in [5.74, 6) is 1.67. The van der Waals surface area contributed by atoms with Crippen molar-refractivity contribution in [1.29, 1.82) is 0 Å². The fourth-order valence-corrected chi connectivity index (χ4v) is 4.85. The number of hydrogen-bond donors (Lipinski definition) is 0. The van der Waals surface area contributed by atoms with Gasteiger partial charge < -0.3 is 4.90 Å². The molecule has 0 unspecified atom stereocenters. The van der Waals surface area contributed by atoms with E-state index >= 15 is 0 Å². The Kier molecular flexibility index (Phi) is 3.41. The molecule has 0 spiro atoms. The van der Waals surface area contributed by atoms with Crippen molar-refractivity contribution in [2.24, 2.45) is 0 Å². The molecule has 1 aromatic carbocycles. The molecule has 0 radical (unpaired) electrons. The van der Waals surface area contributed by atoms with Crippen LogP contribution < -0.4 is 4.90 Å². The summed E-state index contributed by atoms with van der Waals surface area (Å²) in [6.45, 7) is 2.51. The predicted octanol–water partition coefficient (Wildman–Crippen LogP) is 2.93. The van der Waals surface area contributed by atoms with E-state index in [2.05, 4.69) is 0 Å². The molecule has 1 saturated heterocycles. The highest BCUT2D eigenvalue weighted by Crippen LogP contribution is 2.42. The Bertz CT molecular complexity index is 587. The zero-order valence-electron chi connectivity index (χ0n) is 10.5. The van der Waals surface area contributed by atoms with E-state index in [1.807, 2.05) is 25.1 Å². The quantitative estimate of drug-likeness (QED) is 0.589. The van der Waals surface area contributed by atoms with Gasteiger partial charge in [-0.25, -0.2) is 0 Å². The van der Waals surface area contributed by atoms with E-state index in [1.165, 1.54) is 0 Å². The van der Waals surface area contributed by atoms with E-state index in [-0.39, 0.29) is 11.7 Å². The van der Waals surface area contributed by atoms with Crippen LogP contribution in [0.3, 0.4) is 0 Å². The second-order valence-corrected chi connectivity index (χ2v) is 6.72. The largest absolute Gasteiger partial charge is 0.308 e. The maximum atomic E-state index is 12.5. The molecule has 1 fully saturated rings. The number of likely N-dealkylation sites (N-methyl/N-ethyl adjacent to an activating group) is 1. The third kappa shape index (κ3) is 2.01. The third-order valence-electron chi connectivity index (χ3n) is 3.20. The van der Waals surface area contributed by atoms with Crippen LogP contribution >= 0.6 is 23.5 Å². The molecule has 0 aromatic heterocycles. The molecule has 0 N–H and O–H groups in total. The molecule has 0 aliphatic carbocycles. The van der Waals surface area contributed by atoms with Gasteiger partial charge in [-0.15, -0.1) is 23.5 Å². The van der Waals surface area contributed by atoms with Crippen molar-refractivity contribution in [3.05, 3.63) is 39.6 Å². The average molecular weight is 291 g/mol. The van der Waals surface area contributed by atoms with Gasteiger partial charge in [-0.05, 0) is 19.1 Å². The maximum absolute atomic E-state index is 12.5. The van der Waals surface area contributed by atoms with Gasteiger partial charge in [0, 0.05) is 23.6 Å². The van der Waals surface area contributed by atoms with Crippen LogP contribution in [0.25, 0.3) is 0 Å². The second-order valence-electron chi connectivity index (χ2n) is 4.26. The molecule has 1 amide bonds. The van der Waals surface area contributed by atoms with E-state index in [4.69, 9.17) is 0 Å². The summed E-state index contributed by atoms with van der Waals surface area (Å²) in [7, 11) is 0. The number of carbonyl (C=O) groups is 2. The third-order valence-corrected chi connectivity index (χ3v) is 5.91. The fraction of sp³-hybridized carbons (Fsp3) is 0.286. The molecule has 19 heavy (non-hydrogen) atoms. The number of benzene rings is 1. The minimum atomic E-state index is -0.150. The van der Waals surface area contributed by atoms with Crippen LogP contribution in [-0.2, 0) is 4.79 Å². The summed E-state index contributed by atoms with van der Waals surface area (Å²) in [5, 5.41) is 0. The zero-order valence-corrected chi connectivity index (χ0v) is 12.1. The number of rotatable bonds is 1. The number of hydrogen-bond acceptors (Lipinski definition) is 4. The van der Waals surface area contributed by atoms with Crippen LogP contribution in [0.15, 0.2) is 34.1 Å². The van der Waals surface area contributed by atoms with E-state index < -0.39 is 0 Å². The minimum Gasteiger partial charge on any atom is -0.308 e. The lowest BCUT2D eigenvalue weighted by Crippen LogP contribution is -2.39. The van der Waals surface area contributed by atoms with Crippen molar-refractivity contribution in [2.75, 3.05) is 23.0 Å². The minimum absolute atomic E-state index is 0.123. The van der Waals surface area contributed by atoms with Crippen molar-refractivity contribution in [2.45, 2.75) is 6.92 Å². The Morgan fingerprint density at radius 1 is 1.16 bits per heavy atom. The summed E-state index contributed by atoms with van der Waals surface area (Å²) < 4.78 is 0.892. The first kappa shape index (κ1) is 12.8. The predicted molar refractivity (Wildman–Crippen MR) is 80.7 cm³/mol. The smallest absolute Gasteiger partial charge is 0.263 e. The highest BCUT2D eigenvalue weighted by molar-refractivity contribution is 8.25. The number of fused-ring (bicyclic) bond motifs is 1. The molecule has 2 aliphatic rings. The number of ketones is 1. The number of amides is 1. The van der Waals surface area contributed by atoms with E-state index in [9.17, 15) is 9.59 Å². The fourth-order valence-electron chi connectivity index (χ4n) is 2.33. The van der Waals surface area contributed by atoms with Crippen LogP contribution in [0, 0.1) is 0 Å². The summed E-state index contributed by atoms with van der Waals surface area (Å²) in [4.78, 5) is 26.8. The highest BCUT2D eigenvalue weighted by atomic mass is 32.2. The van der Waals surface area contributed by atoms with Crippen molar-refractivity contribution in [3.8, 4) is 0 Å². The Morgan fingerprint density at radius 2 is 1.84 bits per heavy atom. The van der Waals surface area contributed by atoms with Crippen molar-refractivity contribution in [3.63, 3.8) is 0 Å². The topological polar surface area (TPSA) is 37.4 Å². The first-order chi connectivity index (χ1) is 9.24. The molecule has 2 aliphatic heterocycles. The van der Waals surface area contributed by atoms with Crippen LogP contribution in [-0.4, -0.2) is 29.7 Å². The first-order valence-electron chi connectivity index (χ1n) is 6.19. The van der Waals surface area contributed by atoms with Gasteiger partial charge in [0.25, 0.3) is 5.91 Å². The van der Waals surface area contributed by atoms with Gasteiger partial charge in [-0.3, -0.25) is 9.59 Å². The molecule has 3 rings (SSSR count). The number of Topliss-reactive ketones (excluding diaryl/α,β-unsaturated/α-hetero) is 1. The number of carbonyl (C=O) groups excluding carboxylic acids is 2. The zero-order chi connectivity index (χ0) is 13.4. The second kappa shape index (κ2) is 5.06. The Labute approximate surface area is 120 Å². The molecular formula is C14H13NO2S2. The monoisotopic (exact) mass is 291 g/mol. The maximum Gasteiger partial charge on any atom is 0.263 e. The number of nitrogens with zero attached hydrogens (tertiary/aromatic N) is 1. The van der Waals surface area contributed by atoms with E-state index in [0.717, 1.165) is 21.4 Å². The Morgan fingerprint density at radius 3 is 2.53 bits per heavy atom. The number of thioether (sulfide) groups is 2. The summed E-state index contributed by atoms with van der Waals surface area (Å²) in [6.07, 6.45) is 0. The van der Waals surface area contributed by atoms with Crippen molar-refractivity contribution >= 4 is 40.9 Å². The van der Waals surface area contributed by atoms with Gasteiger partial charge in [0.05, 0.1) is 9.92 Å². The van der Waals surface area contributed by atoms with Crippen LogP contribution in [0.4, 0.5) is 5.69 Å². The lowest BCUT2D eigenvalue weighted by molar-refractivity contribution is -0.114. The average Bonchev–Trinajstić information content (AvgIpc) is 2.93. The van der Waals surface area contributed by atoms with Gasteiger partial charge >= 0.3 is 0 Å². The first-order valence-corrected chi connectivity index (χ1v) is 8.16. The summed E-state index contributed by atoms with van der Waals surface area (Å²) >= 11 is 3.24. The van der Waals surface area contributed by atoms with Crippen LogP contribution in [0.2, 0.25) is 0 Å². The van der Waals surface area contributed by atoms with Crippen molar-refractivity contribution < 1.29 is 9.59 Å². The number of para-hydroxylation sites is 1. The number of anilines is 1. The molecule has 2 heterocycles. The lowest BCUT2D eigenvalue weighted by Gasteiger charge is -2.29. The molecule has 0 saturated carbocycles. The summed E-state index contributed by atoms with van der Waals surface area (Å²) in [5.41, 5.74) is 1.74. The molecule has 98 valence electrons. The van der Waals surface area contributed by atoms with Crippen LogP contribution in [0.1, 0.15) is 17.3 Å². The lowest BCUT2D eigenvalue weighted by atomic mass is 9.96. The van der Waals surface area contributed by atoms with Crippen LogP contribution in [0.5, 0.6) is 0 Å². The Balaban J connectivity index is 2.19. The van der Waals surface area contributed by atoms with Gasteiger partial charge in [-0.1, -0.05) is 12.1 Å². The molecule has 0 atom stereocenters.